The zero-order valence-corrected chi connectivity index (χ0v) is 12.6. The Labute approximate surface area is 133 Å². The molecule has 0 unspecified atom stereocenters. The summed E-state index contributed by atoms with van der Waals surface area (Å²) >= 11 is 0. The third-order valence-corrected chi connectivity index (χ3v) is 3.68. The number of nitrogens with one attached hydrogen (secondary N) is 1. The molecular formula is C15H17N5O3. The van der Waals surface area contributed by atoms with E-state index in [0.29, 0.717) is 32.4 Å². The molecule has 8 heteroatoms. The first-order valence-corrected chi connectivity index (χ1v) is 7.57. The average molecular weight is 315 g/mol. The number of rotatable bonds is 3. The fourth-order valence-corrected chi connectivity index (χ4v) is 2.54. The van der Waals surface area contributed by atoms with Crippen LogP contribution in [0.3, 0.4) is 0 Å². The van der Waals surface area contributed by atoms with Crippen LogP contribution in [0.5, 0.6) is 11.5 Å². The molecular weight excluding hydrogens is 298 g/mol. The van der Waals surface area contributed by atoms with E-state index in [1.54, 1.807) is 6.20 Å². The highest BCUT2D eigenvalue weighted by Gasteiger charge is 2.15. The van der Waals surface area contributed by atoms with E-state index in [2.05, 4.69) is 25.4 Å². The van der Waals surface area contributed by atoms with Gasteiger partial charge in [-0.05, 0) is 12.1 Å². The van der Waals surface area contributed by atoms with Crippen molar-refractivity contribution < 1.29 is 14.2 Å². The van der Waals surface area contributed by atoms with Gasteiger partial charge in [-0.1, -0.05) is 0 Å². The number of fused-ring (bicyclic) bond motifs is 1. The molecule has 4 rings (SSSR count). The maximum atomic E-state index is 5.58. The number of aromatic nitrogens is 3. The molecule has 2 aromatic rings. The Morgan fingerprint density at radius 3 is 2.70 bits per heavy atom. The van der Waals surface area contributed by atoms with Crippen molar-refractivity contribution in [2.45, 2.75) is 0 Å². The zero-order chi connectivity index (χ0) is 15.5. The van der Waals surface area contributed by atoms with Gasteiger partial charge < -0.3 is 24.4 Å². The normalized spacial score (nSPS) is 17.0. The fourth-order valence-electron chi connectivity index (χ4n) is 2.54. The number of anilines is 3. The number of hydrogen-bond acceptors (Lipinski definition) is 8. The van der Waals surface area contributed by atoms with Crippen LogP contribution in [-0.2, 0) is 4.74 Å². The first-order valence-electron chi connectivity index (χ1n) is 7.57. The average Bonchev–Trinajstić information content (AvgIpc) is 2.63. The zero-order valence-electron chi connectivity index (χ0n) is 12.6. The fraction of sp³-hybridized carbons (Fsp3) is 0.400. The molecule has 120 valence electrons. The number of nitrogens with zero attached hydrogens (tertiary/aromatic N) is 4. The molecule has 0 amide bonds. The second kappa shape index (κ2) is 6.25. The first-order chi connectivity index (χ1) is 11.4. The van der Waals surface area contributed by atoms with Crippen molar-refractivity contribution in [3.05, 3.63) is 24.4 Å². The smallest absolute Gasteiger partial charge is 0.249 e. The monoisotopic (exact) mass is 315 g/mol. The molecule has 3 heterocycles. The summed E-state index contributed by atoms with van der Waals surface area (Å²) in [5, 5.41) is 11.2. The second-order valence-electron chi connectivity index (χ2n) is 5.22. The lowest BCUT2D eigenvalue weighted by Gasteiger charge is -2.27. The van der Waals surface area contributed by atoms with Gasteiger partial charge >= 0.3 is 0 Å². The van der Waals surface area contributed by atoms with Crippen LogP contribution >= 0.6 is 0 Å². The van der Waals surface area contributed by atoms with Gasteiger partial charge in [0.1, 0.15) is 13.2 Å². The van der Waals surface area contributed by atoms with Gasteiger partial charge in [-0.25, -0.2) is 0 Å². The van der Waals surface area contributed by atoms with E-state index < -0.39 is 0 Å². The van der Waals surface area contributed by atoms with Crippen molar-refractivity contribution in [3.8, 4) is 11.5 Å². The van der Waals surface area contributed by atoms with E-state index in [4.69, 9.17) is 14.2 Å². The highest BCUT2D eigenvalue weighted by Crippen LogP contribution is 2.33. The topological polar surface area (TPSA) is 81.6 Å². The minimum atomic E-state index is 0.450. The van der Waals surface area contributed by atoms with E-state index in [1.165, 1.54) is 0 Å². The molecule has 1 aromatic carbocycles. The molecule has 0 aliphatic carbocycles. The Kier molecular flexibility index (Phi) is 3.81. The second-order valence-corrected chi connectivity index (χ2v) is 5.22. The van der Waals surface area contributed by atoms with E-state index >= 15 is 0 Å². The van der Waals surface area contributed by atoms with Gasteiger partial charge in [0.25, 0.3) is 0 Å². The molecule has 0 saturated carbocycles. The molecule has 1 fully saturated rings. The highest BCUT2D eigenvalue weighted by atomic mass is 16.6. The molecule has 0 bridgehead atoms. The van der Waals surface area contributed by atoms with Crippen molar-refractivity contribution in [2.75, 3.05) is 49.7 Å². The van der Waals surface area contributed by atoms with Gasteiger partial charge in [0, 0.05) is 24.8 Å². The molecule has 0 atom stereocenters. The van der Waals surface area contributed by atoms with Gasteiger partial charge in [0.15, 0.2) is 17.3 Å². The van der Waals surface area contributed by atoms with E-state index in [9.17, 15) is 0 Å². The Morgan fingerprint density at radius 2 is 1.83 bits per heavy atom. The van der Waals surface area contributed by atoms with Gasteiger partial charge in [-0.2, -0.15) is 10.1 Å². The molecule has 23 heavy (non-hydrogen) atoms. The summed E-state index contributed by atoms with van der Waals surface area (Å²) < 4.78 is 16.4. The largest absolute Gasteiger partial charge is 0.486 e. The summed E-state index contributed by atoms with van der Waals surface area (Å²) in [6, 6.07) is 5.65. The van der Waals surface area contributed by atoms with Crippen molar-refractivity contribution in [1.29, 1.82) is 0 Å². The van der Waals surface area contributed by atoms with Crippen molar-refractivity contribution in [3.63, 3.8) is 0 Å². The molecule has 0 spiro atoms. The summed E-state index contributed by atoms with van der Waals surface area (Å²) in [7, 11) is 0. The standard InChI is InChI=1S/C15H17N5O3/c1-2-12-13(23-8-7-22-12)9-11(1)17-15-18-14(10-16-19-15)20-3-5-21-6-4-20/h1-2,9-10H,3-8H2,(H,17,18,19). The minimum Gasteiger partial charge on any atom is -0.486 e. The van der Waals surface area contributed by atoms with Crippen LogP contribution < -0.4 is 19.7 Å². The van der Waals surface area contributed by atoms with Crippen LogP contribution in [0.1, 0.15) is 0 Å². The molecule has 8 nitrogen and oxygen atoms in total. The molecule has 2 aliphatic heterocycles. The van der Waals surface area contributed by atoms with Crippen LogP contribution in [0.25, 0.3) is 0 Å². The van der Waals surface area contributed by atoms with Crippen LogP contribution in [0, 0.1) is 0 Å². The van der Waals surface area contributed by atoms with Crippen molar-refractivity contribution in [1.82, 2.24) is 15.2 Å². The predicted octanol–water partition coefficient (Wildman–Crippen LogP) is 1.22. The summed E-state index contributed by atoms with van der Waals surface area (Å²) in [6.45, 7) is 4.16. The van der Waals surface area contributed by atoms with Gasteiger partial charge in [0.2, 0.25) is 5.95 Å². The third-order valence-electron chi connectivity index (χ3n) is 3.68. The van der Waals surface area contributed by atoms with Crippen LogP contribution in [0.2, 0.25) is 0 Å². The van der Waals surface area contributed by atoms with Crippen LogP contribution in [0.4, 0.5) is 17.5 Å². The molecule has 1 N–H and O–H groups in total. The van der Waals surface area contributed by atoms with Gasteiger partial charge in [0.05, 0.1) is 19.4 Å². The van der Waals surface area contributed by atoms with E-state index in [0.717, 1.165) is 36.1 Å². The quantitative estimate of drug-likeness (QED) is 0.905. The lowest BCUT2D eigenvalue weighted by atomic mass is 10.2. The molecule has 2 aliphatic rings. The SMILES string of the molecule is c1cc2c(cc1Nc1nncc(N3CCOCC3)n1)OCCO2. The molecule has 1 saturated heterocycles. The van der Waals surface area contributed by atoms with Crippen molar-refractivity contribution >= 4 is 17.5 Å². The van der Waals surface area contributed by atoms with Crippen LogP contribution in [-0.4, -0.2) is 54.7 Å². The molecule has 0 radical (unpaired) electrons. The summed E-state index contributed by atoms with van der Waals surface area (Å²) in [5.41, 5.74) is 0.829. The summed E-state index contributed by atoms with van der Waals surface area (Å²) in [6.07, 6.45) is 1.67. The number of hydrogen-bond donors (Lipinski definition) is 1. The summed E-state index contributed by atoms with van der Waals surface area (Å²) in [5.74, 6) is 2.72. The number of ether oxygens (including phenoxy) is 3. The Hall–Kier alpha value is -2.61. The van der Waals surface area contributed by atoms with Crippen LogP contribution in [0.15, 0.2) is 24.4 Å². The number of morpholine rings is 1. The summed E-state index contributed by atoms with van der Waals surface area (Å²) in [4.78, 5) is 6.65. The Morgan fingerprint density at radius 1 is 1.00 bits per heavy atom. The first kappa shape index (κ1) is 14.0. The van der Waals surface area contributed by atoms with Crippen molar-refractivity contribution in [2.24, 2.45) is 0 Å². The lowest BCUT2D eigenvalue weighted by molar-refractivity contribution is 0.122. The minimum absolute atomic E-state index is 0.450. The van der Waals surface area contributed by atoms with E-state index in [1.807, 2.05) is 18.2 Å². The number of benzene rings is 1. The molecule has 1 aromatic heterocycles. The Balaban J connectivity index is 1.52. The predicted molar refractivity (Wildman–Crippen MR) is 83.6 cm³/mol. The maximum Gasteiger partial charge on any atom is 0.249 e. The van der Waals surface area contributed by atoms with E-state index in [-0.39, 0.29) is 0 Å². The maximum absolute atomic E-state index is 5.58. The van der Waals surface area contributed by atoms with Gasteiger partial charge in [-0.15, -0.1) is 5.10 Å². The Bertz CT molecular complexity index is 691. The van der Waals surface area contributed by atoms with Gasteiger partial charge in [-0.3, -0.25) is 0 Å². The highest BCUT2D eigenvalue weighted by molar-refractivity contribution is 5.60. The third kappa shape index (κ3) is 3.11. The lowest BCUT2D eigenvalue weighted by Crippen LogP contribution is -2.36.